The predicted octanol–water partition coefficient (Wildman–Crippen LogP) is 4.19. The summed E-state index contributed by atoms with van der Waals surface area (Å²) in [6.07, 6.45) is 5.48. The minimum absolute atomic E-state index is 0.0231. The highest BCUT2D eigenvalue weighted by atomic mass is 16.3. The number of carbonyl (C=O) groups excluding carboxylic acids is 1. The van der Waals surface area contributed by atoms with Crippen molar-refractivity contribution in [3.8, 4) is 0 Å². The fourth-order valence-electron chi connectivity index (χ4n) is 4.86. The maximum Gasteiger partial charge on any atom is 0.321 e. The first-order valence-electron chi connectivity index (χ1n) is 10.0. The highest BCUT2D eigenvalue weighted by Crippen LogP contribution is 2.50. The van der Waals surface area contributed by atoms with Crippen molar-refractivity contribution in [3.05, 3.63) is 65.7 Å². The van der Waals surface area contributed by atoms with E-state index in [-0.39, 0.29) is 24.0 Å². The molecule has 2 N–H and O–H groups in total. The fraction of sp³-hybridized carbons (Fsp3) is 0.435. The standard InChI is InChI=1S/C23H28N2O2/c26-15-12-19(18-8-2-1-3-9-18)16-24-22(27)25-17-23(13-6-7-14-23)20-10-4-5-11-21(20)25/h1-5,8-11,19,26H,6-7,12-17H2,(H,24,27). The van der Waals surface area contributed by atoms with Crippen molar-refractivity contribution in [1.29, 1.82) is 0 Å². The van der Waals surface area contributed by atoms with E-state index < -0.39 is 0 Å². The molecule has 2 amide bonds. The molecule has 2 aromatic carbocycles. The van der Waals surface area contributed by atoms with Gasteiger partial charge in [0, 0.05) is 36.7 Å². The van der Waals surface area contributed by atoms with Crippen molar-refractivity contribution in [1.82, 2.24) is 5.32 Å². The molecule has 1 heterocycles. The number of rotatable bonds is 5. The Balaban J connectivity index is 1.48. The number of anilines is 1. The third kappa shape index (κ3) is 3.46. The highest BCUT2D eigenvalue weighted by molar-refractivity contribution is 5.95. The summed E-state index contributed by atoms with van der Waals surface area (Å²) in [7, 11) is 0. The Kier molecular flexibility index (Phi) is 5.17. The molecule has 1 fully saturated rings. The molecule has 0 radical (unpaired) electrons. The number of amides is 2. The van der Waals surface area contributed by atoms with E-state index in [1.54, 1.807) is 0 Å². The minimum Gasteiger partial charge on any atom is -0.396 e. The zero-order valence-electron chi connectivity index (χ0n) is 15.7. The minimum atomic E-state index is -0.0231. The lowest BCUT2D eigenvalue weighted by atomic mass is 9.81. The molecule has 4 heteroatoms. The average molecular weight is 364 g/mol. The summed E-state index contributed by atoms with van der Waals surface area (Å²) in [5.41, 5.74) is 3.71. The van der Waals surface area contributed by atoms with Crippen molar-refractivity contribution in [2.24, 2.45) is 0 Å². The molecule has 4 nitrogen and oxygen atoms in total. The molecule has 2 aromatic rings. The summed E-state index contributed by atoms with van der Waals surface area (Å²) < 4.78 is 0. The summed E-state index contributed by atoms with van der Waals surface area (Å²) in [6, 6.07) is 18.5. The number of carbonyl (C=O) groups is 1. The number of nitrogens with one attached hydrogen (secondary N) is 1. The lowest BCUT2D eigenvalue weighted by Crippen LogP contribution is -2.43. The van der Waals surface area contributed by atoms with Gasteiger partial charge in [0.15, 0.2) is 0 Å². The zero-order valence-corrected chi connectivity index (χ0v) is 15.7. The Bertz CT molecular complexity index is 784. The van der Waals surface area contributed by atoms with Gasteiger partial charge in [0.05, 0.1) is 0 Å². The Hall–Kier alpha value is -2.33. The summed E-state index contributed by atoms with van der Waals surface area (Å²) in [5.74, 6) is 0.124. The molecule has 2 aliphatic rings. The van der Waals surface area contributed by atoms with Gasteiger partial charge in [-0.15, -0.1) is 0 Å². The number of hydrogen-bond acceptors (Lipinski definition) is 2. The van der Waals surface area contributed by atoms with Crippen LogP contribution in [0.15, 0.2) is 54.6 Å². The van der Waals surface area contributed by atoms with Gasteiger partial charge >= 0.3 is 6.03 Å². The fourth-order valence-corrected chi connectivity index (χ4v) is 4.86. The second-order valence-corrected chi connectivity index (χ2v) is 7.90. The Labute approximate surface area is 161 Å². The summed E-state index contributed by atoms with van der Waals surface area (Å²) >= 11 is 0. The quantitative estimate of drug-likeness (QED) is 0.836. The average Bonchev–Trinajstić information content (AvgIpc) is 3.32. The van der Waals surface area contributed by atoms with Crippen LogP contribution in [0.3, 0.4) is 0 Å². The van der Waals surface area contributed by atoms with Crippen LogP contribution in [0.5, 0.6) is 0 Å². The van der Waals surface area contributed by atoms with Gasteiger partial charge in [-0.3, -0.25) is 4.90 Å². The van der Waals surface area contributed by atoms with E-state index in [0.717, 1.165) is 17.8 Å². The molecule has 1 aliphatic carbocycles. The van der Waals surface area contributed by atoms with Crippen molar-refractivity contribution >= 4 is 11.7 Å². The lowest BCUT2D eigenvalue weighted by molar-refractivity contribution is 0.241. The van der Waals surface area contributed by atoms with Crippen LogP contribution in [-0.2, 0) is 5.41 Å². The molecule has 0 saturated heterocycles. The smallest absolute Gasteiger partial charge is 0.321 e. The number of benzene rings is 2. The van der Waals surface area contributed by atoms with Crippen molar-refractivity contribution in [2.45, 2.75) is 43.4 Å². The molecular weight excluding hydrogens is 336 g/mol. The molecule has 4 rings (SSSR count). The SMILES string of the molecule is O=C(NCC(CCO)c1ccccc1)N1CC2(CCCC2)c2ccccc21. The van der Waals surface area contributed by atoms with E-state index in [2.05, 4.69) is 35.6 Å². The first-order valence-corrected chi connectivity index (χ1v) is 10.0. The second kappa shape index (κ2) is 7.73. The molecule has 1 spiro atoms. The normalized spacial score (nSPS) is 18.5. The van der Waals surface area contributed by atoms with Crippen LogP contribution in [0.2, 0.25) is 0 Å². The number of hydrogen-bond donors (Lipinski definition) is 2. The molecular formula is C23H28N2O2. The third-order valence-corrected chi connectivity index (χ3v) is 6.28. The molecule has 1 unspecified atom stereocenters. The monoisotopic (exact) mass is 364 g/mol. The summed E-state index contributed by atoms with van der Waals surface area (Å²) in [5, 5.41) is 12.6. The van der Waals surface area contributed by atoms with Gasteiger partial charge in [-0.2, -0.15) is 0 Å². The van der Waals surface area contributed by atoms with Crippen molar-refractivity contribution in [3.63, 3.8) is 0 Å². The molecule has 27 heavy (non-hydrogen) atoms. The summed E-state index contributed by atoms with van der Waals surface area (Å²) in [4.78, 5) is 15.0. The Morgan fingerprint density at radius 3 is 2.52 bits per heavy atom. The number of para-hydroxylation sites is 1. The highest BCUT2D eigenvalue weighted by Gasteiger charge is 2.46. The summed E-state index contributed by atoms with van der Waals surface area (Å²) in [6.45, 7) is 1.44. The van der Waals surface area contributed by atoms with Gasteiger partial charge in [0.1, 0.15) is 0 Å². The van der Waals surface area contributed by atoms with E-state index in [4.69, 9.17) is 0 Å². The zero-order chi connectivity index (χ0) is 18.7. The predicted molar refractivity (Wildman–Crippen MR) is 108 cm³/mol. The molecule has 1 atom stereocenters. The number of fused-ring (bicyclic) bond motifs is 2. The van der Waals surface area contributed by atoms with E-state index >= 15 is 0 Å². The largest absolute Gasteiger partial charge is 0.396 e. The van der Waals surface area contributed by atoms with E-state index in [1.807, 2.05) is 29.2 Å². The molecule has 0 bridgehead atoms. The lowest BCUT2D eigenvalue weighted by Gasteiger charge is -2.25. The number of nitrogens with zero attached hydrogens (tertiary/aromatic N) is 1. The van der Waals surface area contributed by atoms with Crippen LogP contribution < -0.4 is 10.2 Å². The maximum absolute atomic E-state index is 13.0. The van der Waals surface area contributed by atoms with Crippen LogP contribution in [0, 0.1) is 0 Å². The number of aliphatic hydroxyl groups excluding tert-OH is 1. The van der Waals surface area contributed by atoms with Crippen molar-refractivity contribution in [2.75, 3.05) is 24.6 Å². The van der Waals surface area contributed by atoms with E-state index in [9.17, 15) is 9.90 Å². The van der Waals surface area contributed by atoms with Crippen LogP contribution in [0.1, 0.15) is 49.1 Å². The van der Waals surface area contributed by atoms with Gasteiger partial charge in [0.2, 0.25) is 0 Å². The maximum atomic E-state index is 13.0. The Morgan fingerprint density at radius 2 is 1.78 bits per heavy atom. The Morgan fingerprint density at radius 1 is 1.07 bits per heavy atom. The molecule has 0 aromatic heterocycles. The van der Waals surface area contributed by atoms with Crippen LogP contribution in [0.25, 0.3) is 0 Å². The van der Waals surface area contributed by atoms with Gasteiger partial charge in [0.25, 0.3) is 0 Å². The van der Waals surface area contributed by atoms with Crippen LogP contribution in [-0.4, -0.2) is 30.8 Å². The first-order chi connectivity index (χ1) is 13.2. The van der Waals surface area contributed by atoms with E-state index in [0.29, 0.717) is 13.0 Å². The number of urea groups is 1. The van der Waals surface area contributed by atoms with Crippen LogP contribution >= 0.6 is 0 Å². The number of aliphatic hydroxyl groups is 1. The second-order valence-electron chi connectivity index (χ2n) is 7.90. The van der Waals surface area contributed by atoms with Gasteiger partial charge < -0.3 is 10.4 Å². The van der Waals surface area contributed by atoms with Gasteiger partial charge in [-0.1, -0.05) is 61.4 Å². The molecule has 1 saturated carbocycles. The van der Waals surface area contributed by atoms with Crippen LogP contribution in [0.4, 0.5) is 10.5 Å². The van der Waals surface area contributed by atoms with Gasteiger partial charge in [-0.25, -0.2) is 4.79 Å². The van der Waals surface area contributed by atoms with E-state index in [1.165, 1.54) is 31.2 Å². The van der Waals surface area contributed by atoms with Crippen molar-refractivity contribution < 1.29 is 9.90 Å². The van der Waals surface area contributed by atoms with Gasteiger partial charge in [-0.05, 0) is 36.5 Å². The first kappa shape index (κ1) is 18.1. The molecule has 142 valence electrons. The molecule has 1 aliphatic heterocycles. The topological polar surface area (TPSA) is 52.6 Å². The third-order valence-electron chi connectivity index (χ3n) is 6.28.